The van der Waals surface area contributed by atoms with Crippen LogP contribution < -0.4 is 5.32 Å². The Hall–Kier alpha value is -2.30. The highest BCUT2D eigenvalue weighted by Crippen LogP contribution is 2.20. The largest absolute Gasteiger partial charge is 0.461 e. The number of rotatable bonds is 6. The van der Waals surface area contributed by atoms with Crippen LogP contribution in [0.1, 0.15) is 32.4 Å². The van der Waals surface area contributed by atoms with E-state index in [1.807, 2.05) is 44.2 Å². The fourth-order valence-corrected chi connectivity index (χ4v) is 3.34. The van der Waals surface area contributed by atoms with Gasteiger partial charge in [-0.05, 0) is 24.5 Å². The molecule has 0 aliphatic carbocycles. The molecule has 1 aliphatic heterocycles. The maximum atomic E-state index is 12.5. The van der Waals surface area contributed by atoms with Crippen molar-refractivity contribution in [3.63, 3.8) is 0 Å². The van der Waals surface area contributed by atoms with Gasteiger partial charge in [-0.3, -0.25) is 9.59 Å². The maximum absolute atomic E-state index is 12.5. The van der Waals surface area contributed by atoms with Gasteiger partial charge in [0.2, 0.25) is 11.8 Å². The average Bonchev–Trinajstić information content (AvgIpc) is 3.13. The van der Waals surface area contributed by atoms with E-state index in [1.165, 1.54) is 0 Å². The lowest BCUT2D eigenvalue weighted by atomic mass is 10.0. The molecule has 0 spiro atoms. The molecule has 2 aromatic rings. The van der Waals surface area contributed by atoms with Gasteiger partial charge in [-0.2, -0.15) is 0 Å². The predicted molar refractivity (Wildman–Crippen MR) is 92.5 cm³/mol. The van der Waals surface area contributed by atoms with Crippen molar-refractivity contribution in [2.75, 3.05) is 13.1 Å². The van der Waals surface area contributed by atoms with Crippen molar-refractivity contribution < 1.29 is 14.0 Å². The number of para-hydroxylation sites is 1. The van der Waals surface area contributed by atoms with E-state index in [1.54, 1.807) is 4.90 Å². The van der Waals surface area contributed by atoms with E-state index in [9.17, 15) is 9.59 Å². The Morgan fingerprint density at radius 3 is 2.79 bits per heavy atom. The molecule has 0 saturated carbocycles. The summed E-state index contributed by atoms with van der Waals surface area (Å²) in [5, 5.41) is 4.03. The Kier molecular flexibility index (Phi) is 4.88. The van der Waals surface area contributed by atoms with E-state index in [-0.39, 0.29) is 23.8 Å². The predicted octanol–water partition coefficient (Wildman–Crippen LogP) is 2.74. The number of furan rings is 1. The van der Waals surface area contributed by atoms with Gasteiger partial charge in [-0.1, -0.05) is 32.0 Å². The summed E-state index contributed by atoms with van der Waals surface area (Å²) in [5.41, 5.74) is 0.863. The molecule has 0 bridgehead atoms. The van der Waals surface area contributed by atoms with Crippen LogP contribution in [0.4, 0.5) is 0 Å². The zero-order chi connectivity index (χ0) is 17.1. The van der Waals surface area contributed by atoms with Gasteiger partial charge in [0.25, 0.3) is 0 Å². The highest BCUT2D eigenvalue weighted by molar-refractivity contribution is 5.88. The molecule has 1 aliphatic rings. The quantitative estimate of drug-likeness (QED) is 0.887. The van der Waals surface area contributed by atoms with E-state index in [2.05, 4.69) is 5.32 Å². The third-order valence-corrected chi connectivity index (χ3v) is 4.49. The van der Waals surface area contributed by atoms with Gasteiger partial charge in [0.05, 0.1) is 0 Å². The molecule has 5 nitrogen and oxygen atoms in total. The van der Waals surface area contributed by atoms with E-state index in [0.29, 0.717) is 25.9 Å². The van der Waals surface area contributed by atoms with Gasteiger partial charge in [0.15, 0.2) is 0 Å². The molecule has 1 fully saturated rings. The number of likely N-dealkylation sites (tertiary alicyclic amines) is 1. The fraction of sp³-hybridized carbons (Fsp3) is 0.474. The number of amides is 2. The highest BCUT2D eigenvalue weighted by Gasteiger charge is 2.34. The molecular weight excluding hydrogens is 304 g/mol. The van der Waals surface area contributed by atoms with Gasteiger partial charge in [0.1, 0.15) is 17.4 Å². The highest BCUT2D eigenvalue weighted by atomic mass is 16.3. The molecule has 5 heteroatoms. The average molecular weight is 328 g/mol. The zero-order valence-corrected chi connectivity index (χ0v) is 14.2. The first-order chi connectivity index (χ1) is 11.6. The molecule has 1 aromatic heterocycles. The summed E-state index contributed by atoms with van der Waals surface area (Å²) in [6, 6.07) is 9.49. The maximum Gasteiger partial charge on any atom is 0.243 e. The Morgan fingerprint density at radius 2 is 2.12 bits per heavy atom. The number of fused-ring (bicyclic) bond motifs is 1. The molecule has 3 rings (SSSR count). The SMILES string of the molecule is CC(C)C(C(=O)NCCc1cc2ccccc2o1)N1CCCC1=O. The van der Waals surface area contributed by atoms with Gasteiger partial charge in [-0.15, -0.1) is 0 Å². The summed E-state index contributed by atoms with van der Waals surface area (Å²) in [6.07, 6.45) is 2.03. The number of carbonyl (C=O) groups excluding carboxylic acids is 2. The molecule has 128 valence electrons. The summed E-state index contributed by atoms with van der Waals surface area (Å²) in [7, 11) is 0. The Labute approximate surface area is 142 Å². The van der Waals surface area contributed by atoms with E-state index in [0.717, 1.165) is 23.2 Å². The lowest BCUT2D eigenvalue weighted by molar-refractivity contribution is -0.139. The fourth-order valence-electron chi connectivity index (χ4n) is 3.34. The van der Waals surface area contributed by atoms with Gasteiger partial charge < -0.3 is 14.6 Å². The van der Waals surface area contributed by atoms with Crippen molar-refractivity contribution in [2.24, 2.45) is 5.92 Å². The van der Waals surface area contributed by atoms with E-state index >= 15 is 0 Å². The third kappa shape index (κ3) is 3.45. The summed E-state index contributed by atoms with van der Waals surface area (Å²) in [5.74, 6) is 0.964. The minimum absolute atomic E-state index is 0.0728. The Morgan fingerprint density at radius 1 is 1.33 bits per heavy atom. The van der Waals surface area contributed by atoms with Crippen LogP contribution in [0.5, 0.6) is 0 Å². The minimum Gasteiger partial charge on any atom is -0.461 e. The topological polar surface area (TPSA) is 62.6 Å². The molecule has 2 amide bonds. The second-order valence-corrected chi connectivity index (χ2v) is 6.67. The minimum atomic E-state index is -0.379. The molecule has 0 radical (unpaired) electrons. The smallest absolute Gasteiger partial charge is 0.243 e. The van der Waals surface area contributed by atoms with E-state index in [4.69, 9.17) is 4.42 Å². The number of benzene rings is 1. The first-order valence-electron chi connectivity index (χ1n) is 8.61. The molecule has 1 saturated heterocycles. The molecule has 2 heterocycles. The van der Waals surface area contributed by atoms with Crippen molar-refractivity contribution in [1.82, 2.24) is 10.2 Å². The number of carbonyl (C=O) groups is 2. The second kappa shape index (κ2) is 7.07. The third-order valence-electron chi connectivity index (χ3n) is 4.49. The van der Waals surface area contributed by atoms with Crippen LogP contribution in [-0.2, 0) is 16.0 Å². The lowest BCUT2D eigenvalue weighted by Gasteiger charge is -2.29. The van der Waals surface area contributed by atoms with Crippen molar-refractivity contribution in [3.8, 4) is 0 Å². The van der Waals surface area contributed by atoms with Crippen LogP contribution in [0.3, 0.4) is 0 Å². The van der Waals surface area contributed by atoms with Crippen LogP contribution in [0.15, 0.2) is 34.7 Å². The summed E-state index contributed by atoms with van der Waals surface area (Å²) < 4.78 is 5.76. The molecule has 1 unspecified atom stereocenters. The molecule has 1 atom stereocenters. The van der Waals surface area contributed by atoms with Crippen LogP contribution in [0.25, 0.3) is 11.0 Å². The second-order valence-electron chi connectivity index (χ2n) is 6.67. The standard InChI is InChI=1S/C19H24N2O3/c1-13(2)18(21-11-5-8-17(21)22)19(23)20-10-9-15-12-14-6-3-4-7-16(14)24-15/h3-4,6-7,12-13,18H,5,8-11H2,1-2H3,(H,20,23). The lowest BCUT2D eigenvalue weighted by Crippen LogP contribution is -2.50. The normalized spacial score (nSPS) is 16.1. The summed E-state index contributed by atoms with van der Waals surface area (Å²) in [6.45, 7) is 5.15. The van der Waals surface area contributed by atoms with Gasteiger partial charge in [-0.25, -0.2) is 0 Å². The zero-order valence-electron chi connectivity index (χ0n) is 14.2. The van der Waals surface area contributed by atoms with E-state index < -0.39 is 0 Å². The van der Waals surface area contributed by atoms with Crippen LogP contribution in [0.2, 0.25) is 0 Å². The van der Waals surface area contributed by atoms with Crippen molar-refractivity contribution >= 4 is 22.8 Å². The Balaban J connectivity index is 1.58. The molecule has 1 N–H and O–H groups in total. The van der Waals surface area contributed by atoms with Crippen molar-refractivity contribution in [3.05, 3.63) is 36.1 Å². The summed E-state index contributed by atoms with van der Waals surface area (Å²) >= 11 is 0. The monoisotopic (exact) mass is 328 g/mol. The van der Waals surface area contributed by atoms with Crippen LogP contribution in [-0.4, -0.2) is 35.8 Å². The van der Waals surface area contributed by atoms with Crippen LogP contribution >= 0.6 is 0 Å². The number of hydrogen-bond donors (Lipinski definition) is 1. The van der Waals surface area contributed by atoms with Gasteiger partial charge >= 0.3 is 0 Å². The number of nitrogens with one attached hydrogen (secondary N) is 1. The van der Waals surface area contributed by atoms with Crippen LogP contribution in [0, 0.1) is 5.92 Å². The molecule has 1 aromatic carbocycles. The van der Waals surface area contributed by atoms with Crippen molar-refractivity contribution in [1.29, 1.82) is 0 Å². The number of nitrogens with zero attached hydrogens (tertiary/aromatic N) is 1. The first kappa shape index (κ1) is 16.6. The molecular formula is C19H24N2O3. The van der Waals surface area contributed by atoms with Gasteiger partial charge in [0, 0.05) is 31.3 Å². The number of hydrogen-bond acceptors (Lipinski definition) is 3. The van der Waals surface area contributed by atoms with Crippen molar-refractivity contribution in [2.45, 2.75) is 39.2 Å². The Bertz CT molecular complexity index is 702. The first-order valence-corrected chi connectivity index (χ1v) is 8.61. The molecule has 24 heavy (non-hydrogen) atoms. The summed E-state index contributed by atoms with van der Waals surface area (Å²) in [4.78, 5) is 26.2.